The maximum atomic E-state index is 14.0. The molecule has 1 N–H and O–H groups in total. The molecule has 0 saturated carbocycles. The molecule has 0 aromatic heterocycles. The van der Waals surface area contributed by atoms with Crippen LogP contribution in [-0.2, 0) is 4.79 Å². The number of allylic oxidation sites excluding steroid dienone is 3. The highest BCUT2D eigenvalue weighted by atomic mass is 35.5. The van der Waals surface area contributed by atoms with Crippen LogP contribution in [0.15, 0.2) is 89.3 Å². The van der Waals surface area contributed by atoms with Crippen molar-refractivity contribution in [2.24, 2.45) is 5.41 Å². The summed E-state index contributed by atoms with van der Waals surface area (Å²) >= 11 is 13.1. The molecular formula is C32H26Cl2N2O3. The summed E-state index contributed by atoms with van der Waals surface area (Å²) in [6.07, 6.45) is 1.01. The van der Waals surface area contributed by atoms with Gasteiger partial charge in [0, 0.05) is 44.6 Å². The summed E-state index contributed by atoms with van der Waals surface area (Å²) in [4.78, 5) is 43.2. The van der Waals surface area contributed by atoms with Crippen molar-refractivity contribution in [2.75, 3.05) is 10.2 Å². The zero-order valence-corrected chi connectivity index (χ0v) is 23.3. The molecule has 3 aromatic rings. The minimum atomic E-state index is -0.693. The number of ketones is 3. The Morgan fingerprint density at radius 3 is 2.21 bits per heavy atom. The first-order chi connectivity index (χ1) is 18.6. The van der Waals surface area contributed by atoms with Gasteiger partial charge in [-0.05, 0) is 48.6 Å². The number of carbonyl (C=O) groups is 3. The molecule has 0 fully saturated rings. The molecule has 0 bridgehead atoms. The molecular weight excluding hydrogens is 531 g/mol. The van der Waals surface area contributed by atoms with Crippen molar-refractivity contribution in [3.63, 3.8) is 0 Å². The van der Waals surface area contributed by atoms with Crippen LogP contribution >= 0.6 is 23.2 Å². The first-order valence-corrected chi connectivity index (χ1v) is 13.6. The van der Waals surface area contributed by atoms with E-state index in [1.165, 1.54) is 0 Å². The number of hydrogen-bond acceptors (Lipinski definition) is 5. The number of rotatable bonds is 2. The SMILES string of the molecule is CC(=C1C(=O)c2ccccc2C1=O)N1c2ccccc2NC2=C(C(=O)CC(C)(C)C2)C1c1ccc(Cl)cc1Cl. The van der Waals surface area contributed by atoms with E-state index in [0.29, 0.717) is 50.8 Å². The topological polar surface area (TPSA) is 66.5 Å². The van der Waals surface area contributed by atoms with Crippen molar-refractivity contribution in [1.82, 2.24) is 0 Å². The third-order valence-electron chi connectivity index (χ3n) is 7.75. The Morgan fingerprint density at radius 1 is 0.897 bits per heavy atom. The number of benzene rings is 3. The van der Waals surface area contributed by atoms with Crippen molar-refractivity contribution in [1.29, 1.82) is 0 Å². The smallest absolute Gasteiger partial charge is 0.199 e. The molecule has 0 spiro atoms. The number of Topliss-reactive ketones (excluding diaryl/α,β-unsaturated/α-hetero) is 3. The van der Waals surface area contributed by atoms with Crippen LogP contribution in [0.1, 0.15) is 65.9 Å². The number of para-hydroxylation sites is 2. The van der Waals surface area contributed by atoms with Crippen molar-refractivity contribution >= 4 is 51.9 Å². The Labute approximate surface area is 237 Å². The summed E-state index contributed by atoms with van der Waals surface area (Å²) in [5, 5.41) is 4.42. The van der Waals surface area contributed by atoms with Gasteiger partial charge in [-0.2, -0.15) is 0 Å². The van der Waals surface area contributed by atoms with Gasteiger partial charge in [0.25, 0.3) is 0 Å². The standard InChI is InChI=1S/C32H26Cl2N2O3/c1-17(27-30(38)19-8-4-5-9-20(19)31(27)39)36-25-11-7-6-10-23(25)35-24-15-32(2,3)16-26(37)28(24)29(36)21-13-12-18(33)14-22(21)34/h4-14,29,35H,15-16H2,1-3H3. The van der Waals surface area contributed by atoms with Crippen LogP contribution in [0.2, 0.25) is 10.0 Å². The average Bonchev–Trinajstić information content (AvgIpc) is 3.04. The zero-order valence-electron chi connectivity index (χ0n) is 21.8. The number of fused-ring (bicyclic) bond motifs is 2. The lowest BCUT2D eigenvalue weighted by molar-refractivity contribution is -0.118. The lowest BCUT2D eigenvalue weighted by Crippen LogP contribution is -2.36. The molecule has 5 nitrogen and oxygen atoms in total. The maximum absolute atomic E-state index is 14.0. The molecule has 1 heterocycles. The fourth-order valence-corrected chi connectivity index (χ4v) is 6.59. The predicted octanol–water partition coefficient (Wildman–Crippen LogP) is 7.96. The molecule has 6 rings (SSSR count). The van der Waals surface area contributed by atoms with E-state index in [4.69, 9.17) is 23.2 Å². The van der Waals surface area contributed by atoms with Crippen LogP contribution < -0.4 is 10.2 Å². The number of carbonyl (C=O) groups excluding carboxylic acids is 3. The monoisotopic (exact) mass is 556 g/mol. The Morgan fingerprint density at radius 2 is 1.54 bits per heavy atom. The number of anilines is 2. The molecule has 1 atom stereocenters. The molecule has 0 amide bonds. The molecule has 0 radical (unpaired) electrons. The summed E-state index contributed by atoms with van der Waals surface area (Å²) in [6, 6.07) is 19.1. The van der Waals surface area contributed by atoms with Crippen molar-refractivity contribution in [3.05, 3.63) is 116 Å². The Hall–Kier alpha value is -3.67. The molecule has 196 valence electrons. The van der Waals surface area contributed by atoms with Crippen LogP contribution in [0.5, 0.6) is 0 Å². The predicted molar refractivity (Wildman–Crippen MR) is 155 cm³/mol. The highest BCUT2D eigenvalue weighted by Gasteiger charge is 2.44. The van der Waals surface area contributed by atoms with Gasteiger partial charge >= 0.3 is 0 Å². The first kappa shape index (κ1) is 25.6. The highest BCUT2D eigenvalue weighted by molar-refractivity contribution is 6.40. The number of nitrogens with one attached hydrogen (secondary N) is 1. The van der Waals surface area contributed by atoms with Crippen molar-refractivity contribution in [2.45, 2.75) is 39.7 Å². The van der Waals surface area contributed by atoms with Crippen LogP contribution in [0.4, 0.5) is 11.4 Å². The fraction of sp³-hybridized carbons (Fsp3) is 0.219. The third kappa shape index (κ3) is 4.12. The van der Waals surface area contributed by atoms with Crippen molar-refractivity contribution in [3.8, 4) is 0 Å². The molecule has 0 saturated heterocycles. The van der Waals surface area contributed by atoms with Gasteiger partial charge < -0.3 is 10.2 Å². The van der Waals surface area contributed by atoms with Gasteiger partial charge in [-0.1, -0.05) is 79.5 Å². The number of nitrogens with zero attached hydrogens (tertiary/aromatic N) is 1. The third-order valence-corrected chi connectivity index (χ3v) is 8.31. The van der Waals surface area contributed by atoms with Gasteiger partial charge in [-0.25, -0.2) is 0 Å². The summed E-state index contributed by atoms with van der Waals surface area (Å²) in [6.45, 7) is 5.93. The van der Waals surface area contributed by atoms with Gasteiger partial charge in [0.15, 0.2) is 17.3 Å². The largest absolute Gasteiger partial charge is 0.357 e. The van der Waals surface area contributed by atoms with Gasteiger partial charge in [0.05, 0.1) is 23.0 Å². The van der Waals surface area contributed by atoms with Crippen LogP contribution in [0.25, 0.3) is 0 Å². The average molecular weight is 557 g/mol. The minimum Gasteiger partial charge on any atom is -0.357 e. The van der Waals surface area contributed by atoms with Gasteiger partial charge in [-0.15, -0.1) is 0 Å². The second-order valence-corrected chi connectivity index (χ2v) is 11.9. The van der Waals surface area contributed by atoms with E-state index >= 15 is 0 Å². The quantitative estimate of drug-likeness (QED) is 0.256. The van der Waals surface area contributed by atoms with Crippen molar-refractivity contribution < 1.29 is 14.4 Å². The molecule has 7 heteroatoms. The normalized spacial score (nSPS) is 19.8. The maximum Gasteiger partial charge on any atom is 0.199 e. The molecule has 3 aromatic carbocycles. The summed E-state index contributed by atoms with van der Waals surface area (Å²) in [7, 11) is 0. The minimum absolute atomic E-state index is 0.00673. The number of hydrogen-bond donors (Lipinski definition) is 1. The van der Waals surface area contributed by atoms with E-state index in [1.54, 1.807) is 43.3 Å². The lowest BCUT2D eigenvalue weighted by Gasteiger charge is -2.39. The second-order valence-electron chi connectivity index (χ2n) is 11.1. The molecule has 2 aliphatic carbocycles. The zero-order chi connectivity index (χ0) is 27.6. The molecule has 1 aliphatic heterocycles. The van der Waals surface area contributed by atoms with E-state index in [2.05, 4.69) is 19.2 Å². The summed E-state index contributed by atoms with van der Waals surface area (Å²) < 4.78 is 0. The fourth-order valence-electron chi connectivity index (χ4n) is 6.08. The molecule has 3 aliphatic rings. The first-order valence-electron chi connectivity index (χ1n) is 12.8. The second kappa shape index (κ2) is 9.22. The van der Waals surface area contributed by atoms with Gasteiger partial charge in [-0.3, -0.25) is 14.4 Å². The summed E-state index contributed by atoms with van der Waals surface area (Å²) in [5.74, 6) is -0.657. The van der Waals surface area contributed by atoms with Crippen LogP contribution in [0.3, 0.4) is 0 Å². The van der Waals surface area contributed by atoms with E-state index in [1.807, 2.05) is 35.2 Å². The van der Waals surface area contributed by atoms with Gasteiger partial charge in [0.1, 0.15) is 0 Å². The Bertz CT molecular complexity index is 1630. The van der Waals surface area contributed by atoms with E-state index < -0.39 is 6.04 Å². The van der Waals surface area contributed by atoms with Crippen LogP contribution in [0, 0.1) is 5.41 Å². The van der Waals surface area contributed by atoms with E-state index in [9.17, 15) is 14.4 Å². The van der Waals surface area contributed by atoms with Gasteiger partial charge in [0.2, 0.25) is 0 Å². The number of halogens is 2. The van der Waals surface area contributed by atoms with E-state index in [0.717, 1.165) is 17.1 Å². The Balaban J connectivity index is 1.68. The highest BCUT2D eigenvalue weighted by Crippen LogP contribution is 2.51. The Kier molecular flexibility index (Phi) is 6.05. The van der Waals surface area contributed by atoms with Crippen LogP contribution in [-0.4, -0.2) is 17.3 Å². The molecule has 1 unspecified atom stereocenters. The summed E-state index contributed by atoms with van der Waals surface area (Å²) in [5.41, 5.74) is 4.63. The lowest BCUT2D eigenvalue weighted by atomic mass is 9.73. The van der Waals surface area contributed by atoms with E-state index in [-0.39, 0.29) is 28.3 Å². The molecule has 39 heavy (non-hydrogen) atoms.